The van der Waals surface area contributed by atoms with Gasteiger partial charge in [-0.3, -0.25) is 0 Å². The van der Waals surface area contributed by atoms with Gasteiger partial charge in [-0.05, 0) is 12.1 Å². The number of nitrogens with one attached hydrogen (secondary N) is 1. The molecule has 0 atom stereocenters. The van der Waals surface area contributed by atoms with E-state index in [2.05, 4.69) is 10.3 Å². The van der Waals surface area contributed by atoms with Crippen LogP contribution in [0.1, 0.15) is 5.69 Å². The summed E-state index contributed by atoms with van der Waals surface area (Å²) < 4.78 is 5.22. The number of aromatic nitrogens is 1. The molecule has 4 nitrogen and oxygen atoms in total. The van der Waals surface area contributed by atoms with Crippen molar-refractivity contribution in [3.05, 3.63) is 40.8 Å². The van der Waals surface area contributed by atoms with Crippen LogP contribution in [0, 0.1) is 11.3 Å². The van der Waals surface area contributed by atoms with Crippen LogP contribution in [0.4, 0.5) is 5.69 Å². The lowest BCUT2D eigenvalue weighted by molar-refractivity contribution is 0.368. The number of hydrogen-bond donors (Lipinski definition) is 1. The summed E-state index contributed by atoms with van der Waals surface area (Å²) in [5.74, 6) is 0.690. The van der Waals surface area contributed by atoms with Crippen molar-refractivity contribution in [1.29, 1.82) is 5.26 Å². The van der Waals surface area contributed by atoms with E-state index in [1.54, 1.807) is 11.3 Å². The van der Waals surface area contributed by atoms with Gasteiger partial charge in [-0.25, -0.2) is 4.98 Å². The van der Waals surface area contributed by atoms with Crippen LogP contribution in [0.25, 0.3) is 0 Å². The molecule has 5 heteroatoms. The fourth-order valence-corrected chi connectivity index (χ4v) is 1.89. The smallest absolute Gasteiger partial charge is 0.174 e. The predicted octanol–water partition coefficient (Wildman–Crippen LogP) is 2.66. The van der Waals surface area contributed by atoms with Gasteiger partial charge in [0.1, 0.15) is 11.8 Å². The zero-order chi connectivity index (χ0) is 11.9. The van der Waals surface area contributed by atoms with Crippen LogP contribution in [0.3, 0.4) is 0 Å². The highest BCUT2D eigenvalue weighted by atomic mass is 32.1. The van der Waals surface area contributed by atoms with E-state index in [9.17, 15) is 0 Å². The van der Waals surface area contributed by atoms with Crippen molar-refractivity contribution >= 4 is 17.0 Å². The molecular formula is C12H11N3OS. The van der Waals surface area contributed by atoms with Gasteiger partial charge in [0.05, 0.1) is 17.7 Å². The number of nitrogens with zero attached hydrogens (tertiary/aromatic N) is 2. The number of rotatable bonds is 5. The maximum atomic E-state index is 8.43. The lowest BCUT2D eigenvalue weighted by Gasteiger charge is -2.07. The number of thiazole rings is 1. The zero-order valence-corrected chi connectivity index (χ0v) is 9.91. The van der Waals surface area contributed by atoms with Crippen LogP contribution in [-0.2, 0) is 6.54 Å². The molecule has 0 fully saturated rings. The first-order chi connectivity index (χ1) is 8.38. The van der Waals surface area contributed by atoms with Crippen molar-refractivity contribution in [3.63, 3.8) is 0 Å². The average molecular weight is 245 g/mol. The molecule has 0 saturated carbocycles. The fraction of sp³-hybridized carbons (Fsp3) is 0.167. The molecule has 0 unspecified atom stereocenters. The van der Waals surface area contributed by atoms with E-state index in [0.717, 1.165) is 11.4 Å². The lowest BCUT2D eigenvalue weighted by Crippen LogP contribution is -2.00. The summed E-state index contributed by atoms with van der Waals surface area (Å²) in [6.07, 6.45) is 0. The molecule has 1 N–H and O–H groups in total. The Labute approximate surface area is 103 Å². The molecule has 2 aromatic rings. The molecule has 0 aliphatic heterocycles. The lowest BCUT2D eigenvalue weighted by atomic mass is 10.3. The molecule has 0 radical (unpaired) electrons. The quantitative estimate of drug-likeness (QED) is 0.879. The third kappa shape index (κ3) is 3.47. The second kappa shape index (κ2) is 5.87. The Morgan fingerprint density at radius 1 is 1.47 bits per heavy atom. The van der Waals surface area contributed by atoms with Gasteiger partial charge >= 0.3 is 0 Å². The van der Waals surface area contributed by atoms with E-state index in [4.69, 9.17) is 10.00 Å². The average Bonchev–Trinajstić information content (AvgIpc) is 2.87. The molecule has 0 bridgehead atoms. The minimum atomic E-state index is 0.0650. The summed E-state index contributed by atoms with van der Waals surface area (Å²) in [5, 5.41) is 13.7. The Bertz CT molecular complexity index is 505. The Balaban J connectivity index is 1.94. The van der Waals surface area contributed by atoms with E-state index in [-0.39, 0.29) is 6.61 Å². The molecule has 1 aromatic carbocycles. The Morgan fingerprint density at radius 3 is 3.18 bits per heavy atom. The number of anilines is 1. The summed E-state index contributed by atoms with van der Waals surface area (Å²) in [4.78, 5) is 4.19. The number of benzene rings is 1. The largest absolute Gasteiger partial charge is 0.479 e. The highest BCUT2D eigenvalue weighted by Gasteiger charge is 1.98. The van der Waals surface area contributed by atoms with Gasteiger partial charge in [-0.1, -0.05) is 6.07 Å². The monoisotopic (exact) mass is 245 g/mol. The fourth-order valence-electron chi connectivity index (χ4n) is 1.33. The minimum absolute atomic E-state index is 0.0650. The number of nitriles is 1. The van der Waals surface area contributed by atoms with Gasteiger partial charge in [0.25, 0.3) is 0 Å². The van der Waals surface area contributed by atoms with Crippen molar-refractivity contribution in [2.75, 3.05) is 11.9 Å². The molecule has 0 spiro atoms. The SMILES string of the molecule is N#CCOc1cccc(NCc2cscn2)c1. The summed E-state index contributed by atoms with van der Waals surface area (Å²) >= 11 is 1.58. The van der Waals surface area contributed by atoms with E-state index < -0.39 is 0 Å². The number of hydrogen-bond acceptors (Lipinski definition) is 5. The van der Waals surface area contributed by atoms with E-state index in [1.807, 2.05) is 41.2 Å². The third-order valence-electron chi connectivity index (χ3n) is 2.09. The minimum Gasteiger partial charge on any atom is -0.479 e. The van der Waals surface area contributed by atoms with Gasteiger partial charge in [-0.2, -0.15) is 5.26 Å². The second-order valence-electron chi connectivity index (χ2n) is 3.31. The highest BCUT2D eigenvalue weighted by molar-refractivity contribution is 7.07. The first kappa shape index (κ1) is 11.4. The van der Waals surface area contributed by atoms with Crippen LogP contribution >= 0.6 is 11.3 Å². The normalized spacial score (nSPS) is 9.59. The predicted molar refractivity (Wildman–Crippen MR) is 67.0 cm³/mol. The van der Waals surface area contributed by atoms with Crippen molar-refractivity contribution in [1.82, 2.24) is 4.98 Å². The van der Waals surface area contributed by atoms with Crippen LogP contribution in [0.2, 0.25) is 0 Å². The van der Waals surface area contributed by atoms with Gasteiger partial charge in [0.15, 0.2) is 6.61 Å². The van der Waals surface area contributed by atoms with Crippen molar-refractivity contribution in [3.8, 4) is 11.8 Å². The topological polar surface area (TPSA) is 57.9 Å². The molecule has 1 aromatic heterocycles. The summed E-state index contributed by atoms with van der Waals surface area (Å²) in [7, 11) is 0. The maximum absolute atomic E-state index is 8.43. The summed E-state index contributed by atoms with van der Waals surface area (Å²) in [5.41, 5.74) is 3.77. The van der Waals surface area contributed by atoms with Crippen LogP contribution in [-0.4, -0.2) is 11.6 Å². The van der Waals surface area contributed by atoms with E-state index >= 15 is 0 Å². The van der Waals surface area contributed by atoms with Crippen molar-refractivity contribution in [2.24, 2.45) is 0 Å². The van der Waals surface area contributed by atoms with Gasteiger partial charge < -0.3 is 10.1 Å². The molecular weight excluding hydrogens is 234 g/mol. The second-order valence-corrected chi connectivity index (χ2v) is 4.03. The molecule has 2 rings (SSSR count). The van der Waals surface area contributed by atoms with Gasteiger partial charge in [-0.15, -0.1) is 11.3 Å². The standard InChI is InChI=1S/C12H11N3OS/c13-4-5-16-12-3-1-2-10(6-12)14-7-11-8-17-9-15-11/h1-3,6,8-9,14H,5,7H2. The Hall–Kier alpha value is -2.06. The molecule has 0 aliphatic carbocycles. The van der Waals surface area contributed by atoms with Crippen LogP contribution < -0.4 is 10.1 Å². The molecule has 17 heavy (non-hydrogen) atoms. The number of ether oxygens (including phenoxy) is 1. The Morgan fingerprint density at radius 2 is 2.41 bits per heavy atom. The maximum Gasteiger partial charge on any atom is 0.174 e. The molecule has 86 valence electrons. The summed E-state index contributed by atoms with van der Waals surface area (Å²) in [6, 6.07) is 9.46. The third-order valence-corrected chi connectivity index (χ3v) is 2.73. The zero-order valence-electron chi connectivity index (χ0n) is 9.09. The van der Waals surface area contributed by atoms with Crippen molar-refractivity contribution in [2.45, 2.75) is 6.54 Å². The highest BCUT2D eigenvalue weighted by Crippen LogP contribution is 2.17. The van der Waals surface area contributed by atoms with Crippen LogP contribution in [0.15, 0.2) is 35.2 Å². The molecule has 0 amide bonds. The van der Waals surface area contributed by atoms with Crippen LogP contribution in [0.5, 0.6) is 5.75 Å². The van der Waals surface area contributed by atoms with Gasteiger partial charge in [0.2, 0.25) is 0 Å². The van der Waals surface area contributed by atoms with E-state index in [0.29, 0.717) is 12.3 Å². The first-order valence-electron chi connectivity index (χ1n) is 5.09. The summed E-state index contributed by atoms with van der Waals surface area (Å²) in [6.45, 7) is 0.751. The van der Waals surface area contributed by atoms with Gasteiger partial charge in [0, 0.05) is 17.1 Å². The molecule has 0 aliphatic rings. The van der Waals surface area contributed by atoms with E-state index in [1.165, 1.54) is 0 Å². The molecule has 0 saturated heterocycles. The first-order valence-corrected chi connectivity index (χ1v) is 6.03. The van der Waals surface area contributed by atoms with Crippen molar-refractivity contribution < 1.29 is 4.74 Å². The molecule has 1 heterocycles. The Kier molecular flexibility index (Phi) is 3.95.